The molecule has 1 heterocycles. The standard InChI is InChI=1S/C22H24N4O5S/c1-29-10-9-24-22-26(25-12-15-5-4-6-19(30-2)20(15)31-3)17(13-32-22)14-7-8-18(27)16(11-14)21(23)28/h4-8,11-13,27H,9-10H2,1-3H3,(H2,23,28)/b24-22?,25-12+. The first-order valence-corrected chi connectivity index (χ1v) is 10.5. The molecule has 0 saturated carbocycles. The number of benzene rings is 2. The Morgan fingerprint density at radius 3 is 2.72 bits per heavy atom. The van der Waals surface area contributed by atoms with E-state index < -0.39 is 5.91 Å². The lowest BCUT2D eigenvalue weighted by Crippen LogP contribution is -2.14. The van der Waals surface area contributed by atoms with Crippen LogP contribution in [0.4, 0.5) is 0 Å². The number of carbonyl (C=O) groups excluding carboxylic acids is 1. The smallest absolute Gasteiger partial charge is 0.252 e. The fourth-order valence-electron chi connectivity index (χ4n) is 2.98. The number of aromatic hydroxyl groups is 1. The van der Waals surface area contributed by atoms with E-state index >= 15 is 0 Å². The van der Waals surface area contributed by atoms with Crippen molar-refractivity contribution in [3.05, 3.63) is 57.7 Å². The summed E-state index contributed by atoms with van der Waals surface area (Å²) in [4.78, 5) is 16.9. The Balaban J connectivity index is 2.13. The van der Waals surface area contributed by atoms with Crippen LogP contribution < -0.4 is 20.0 Å². The predicted molar refractivity (Wildman–Crippen MR) is 123 cm³/mol. The topological polar surface area (TPSA) is 121 Å². The SMILES string of the molecule is COCCN=c1scc(-c2ccc(O)c(C(N)=O)c2)n1/N=C/c1cccc(OC)c1OC. The van der Waals surface area contributed by atoms with E-state index in [0.29, 0.717) is 46.3 Å². The molecule has 2 aromatic carbocycles. The molecule has 1 aromatic heterocycles. The second kappa shape index (κ2) is 10.6. The summed E-state index contributed by atoms with van der Waals surface area (Å²) < 4.78 is 17.6. The lowest BCUT2D eigenvalue weighted by atomic mass is 10.1. The van der Waals surface area contributed by atoms with Gasteiger partial charge in [0.1, 0.15) is 5.75 Å². The number of ether oxygens (including phenoxy) is 3. The van der Waals surface area contributed by atoms with Gasteiger partial charge in [0.2, 0.25) is 4.80 Å². The van der Waals surface area contributed by atoms with Crippen molar-refractivity contribution in [1.29, 1.82) is 0 Å². The number of carbonyl (C=O) groups is 1. The molecule has 0 atom stereocenters. The van der Waals surface area contributed by atoms with Crippen molar-refractivity contribution in [1.82, 2.24) is 4.68 Å². The number of nitrogens with two attached hydrogens (primary N) is 1. The van der Waals surface area contributed by atoms with Crippen LogP contribution in [0.25, 0.3) is 11.3 Å². The zero-order valence-corrected chi connectivity index (χ0v) is 18.8. The molecular formula is C22H24N4O5S. The molecule has 10 heteroatoms. The zero-order chi connectivity index (χ0) is 23.1. The fraction of sp³-hybridized carbons (Fsp3) is 0.227. The van der Waals surface area contributed by atoms with Crippen LogP contribution in [0.3, 0.4) is 0 Å². The molecule has 0 fully saturated rings. The molecule has 168 valence electrons. The highest BCUT2D eigenvalue weighted by atomic mass is 32.1. The van der Waals surface area contributed by atoms with Crippen LogP contribution in [0.1, 0.15) is 15.9 Å². The van der Waals surface area contributed by atoms with Crippen molar-refractivity contribution >= 4 is 23.5 Å². The van der Waals surface area contributed by atoms with Gasteiger partial charge in [-0.1, -0.05) is 6.07 Å². The van der Waals surface area contributed by atoms with Crippen LogP contribution in [0, 0.1) is 0 Å². The third kappa shape index (κ3) is 4.98. The van der Waals surface area contributed by atoms with Crippen molar-refractivity contribution in [3.8, 4) is 28.5 Å². The average Bonchev–Trinajstić information content (AvgIpc) is 3.20. The van der Waals surface area contributed by atoms with E-state index in [1.165, 1.54) is 23.5 Å². The van der Waals surface area contributed by atoms with Crippen LogP contribution in [0.2, 0.25) is 0 Å². The van der Waals surface area contributed by atoms with Gasteiger partial charge in [-0.3, -0.25) is 9.79 Å². The van der Waals surface area contributed by atoms with Crippen molar-refractivity contribution in [2.75, 3.05) is 34.5 Å². The Labute approximate surface area is 189 Å². The molecule has 0 radical (unpaired) electrons. The molecule has 0 saturated heterocycles. The quantitative estimate of drug-likeness (QED) is 0.379. The van der Waals surface area contributed by atoms with Crippen LogP contribution in [0.5, 0.6) is 17.2 Å². The highest BCUT2D eigenvalue weighted by Gasteiger charge is 2.14. The van der Waals surface area contributed by atoms with E-state index in [1.54, 1.807) is 44.4 Å². The number of aromatic nitrogens is 1. The molecule has 0 aliphatic rings. The summed E-state index contributed by atoms with van der Waals surface area (Å²) in [6.45, 7) is 0.919. The van der Waals surface area contributed by atoms with Crippen LogP contribution in [0.15, 0.2) is 51.9 Å². The van der Waals surface area contributed by atoms with Crippen molar-refractivity contribution in [2.45, 2.75) is 0 Å². The second-order valence-corrected chi connectivity index (χ2v) is 7.35. The number of para-hydroxylation sites is 1. The van der Waals surface area contributed by atoms with Gasteiger partial charge in [-0.05, 0) is 30.3 Å². The minimum absolute atomic E-state index is 0.0246. The summed E-state index contributed by atoms with van der Waals surface area (Å²) in [5, 5.41) is 16.4. The van der Waals surface area contributed by atoms with E-state index in [2.05, 4.69) is 10.1 Å². The van der Waals surface area contributed by atoms with Gasteiger partial charge in [0, 0.05) is 23.6 Å². The first-order chi connectivity index (χ1) is 15.5. The Morgan fingerprint density at radius 2 is 2.03 bits per heavy atom. The van der Waals surface area contributed by atoms with Gasteiger partial charge in [0.05, 0.1) is 44.8 Å². The van der Waals surface area contributed by atoms with E-state index in [1.807, 2.05) is 17.5 Å². The van der Waals surface area contributed by atoms with Crippen molar-refractivity contribution in [3.63, 3.8) is 0 Å². The highest BCUT2D eigenvalue weighted by molar-refractivity contribution is 7.07. The van der Waals surface area contributed by atoms with Crippen LogP contribution in [-0.2, 0) is 4.74 Å². The summed E-state index contributed by atoms with van der Waals surface area (Å²) >= 11 is 1.39. The molecule has 0 aliphatic heterocycles. The number of thiazole rings is 1. The lowest BCUT2D eigenvalue weighted by molar-refractivity contribution is 0.0998. The molecule has 32 heavy (non-hydrogen) atoms. The summed E-state index contributed by atoms with van der Waals surface area (Å²) in [7, 11) is 4.74. The monoisotopic (exact) mass is 456 g/mol. The zero-order valence-electron chi connectivity index (χ0n) is 17.9. The van der Waals surface area contributed by atoms with Crippen molar-refractivity contribution in [2.24, 2.45) is 15.8 Å². The van der Waals surface area contributed by atoms with Crippen molar-refractivity contribution < 1.29 is 24.1 Å². The molecule has 3 rings (SSSR count). The molecule has 0 unspecified atom stereocenters. The van der Waals surface area contributed by atoms with Gasteiger partial charge in [-0.2, -0.15) is 5.10 Å². The normalized spacial score (nSPS) is 11.8. The average molecular weight is 457 g/mol. The Kier molecular flexibility index (Phi) is 7.63. The number of hydrogen-bond donors (Lipinski definition) is 2. The van der Waals surface area contributed by atoms with E-state index in [4.69, 9.17) is 19.9 Å². The van der Waals surface area contributed by atoms with E-state index in [9.17, 15) is 9.90 Å². The van der Waals surface area contributed by atoms with Gasteiger partial charge >= 0.3 is 0 Å². The third-order valence-corrected chi connectivity index (χ3v) is 5.39. The maximum absolute atomic E-state index is 11.7. The number of methoxy groups -OCH3 is 3. The first-order valence-electron chi connectivity index (χ1n) is 9.58. The minimum Gasteiger partial charge on any atom is -0.507 e. The molecule has 9 nitrogen and oxygen atoms in total. The third-order valence-electron chi connectivity index (χ3n) is 4.53. The largest absolute Gasteiger partial charge is 0.507 e. The first kappa shape index (κ1) is 23.0. The molecule has 0 spiro atoms. The fourth-order valence-corrected chi connectivity index (χ4v) is 3.84. The number of rotatable bonds is 9. The number of nitrogens with zero attached hydrogens (tertiary/aromatic N) is 3. The highest BCUT2D eigenvalue weighted by Crippen LogP contribution is 2.30. The Morgan fingerprint density at radius 1 is 1.22 bits per heavy atom. The van der Waals surface area contributed by atoms with Crippen LogP contribution in [-0.4, -0.2) is 56.4 Å². The maximum Gasteiger partial charge on any atom is 0.252 e. The van der Waals surface area contributed by atoms with E-state index in [-0.39, 0.29) is 11.3 Å². The minimum atomic E-state index is -0.722. The van der Waals surface area contributed by atoms with Crippen LogP contribution >= 0.6 is 11.3 Å². The molecular weight excluding hydrogens is 432 g/mol. The van der Waals surface area contributed by atoms with Gasteiger partial charge < -0.3 is 25.1 Å². The summed E-state index contributed by atoms with van der Waals surface area (Å²) in [6.07, 6.45) is 1.64. The molecule has 1 amide bonds. The number of hydrogen-bond acceptors (Lipinski definition) is 8. The number of primary amides is 1. The van der Waals surface area contributed by atoms with Gasteiger partial charge in [-0.25, -0.2) is 4.68 Å². The second-order valence-electron chi connectivity index (χ2n) is 6.51. The lowest BCUT2D eigenvalue weighted by Gasteiger charge is -2.10. The summed E-state index contributed by atoms with van der Waals surface area (Å²) in [5.74, 6) is 0.231. The molecule has 0 aliphatic carbocycles. The Bertz CT molecular complexity index is 1200. The summed E-state index contributed by atoms with van der Waals surface area (Å²) in [6, 6.07) is 10.1. The summed E-state index contributed by atoms with van der Waals surface area (Å²) in [5.41, 5.74) is 7.45. The van der Waals surface area contributed by atoms with Gasteiger partial charge in [-0.15, -0.1) is 11.3 Å². The van der Waals surface area contributed by atoms with E-state index in [0.717, 1.165) is 0 Å². The maximum atomic E-state index is 11.7. The molecule has 0 bridgehead atoms. The van der Waals surface area contributed by atoms with Gasteiger partial charge in [0.15, 0.2) is 11.5 Å². The van der Waals surface area contributed by atoms with Gasteiger partial charge in [0.25, 0.3) is 5.91 Å². The number of amides is 1. The molecule has 3 aromatic rings. The predicted octanol–water partition coefficient (Wildman–Crippen LogP) is 2.47. The molecule has 3 N–H and O–H groups in total. The Hall–Kier alpha value is -3.63. The number of phenols is 1.